The smallest absolute Gasteiger partial charge is 0.277 e. The van der Waals surface area contributed by atoms with Crippen molar-refractivity contribution in [2.45, 2.75) is 12.5 Å². The van der Waals surface area contributed by atoms with Crippen molar-refractivity contribution in [1.82, 2.24) is 9.21 Å². The topological polar surface area (TPSA) is 83.7 Å². The lowest BCUT2D eigenvalue weighted by Gasteiger charge is -2.19. The maximum absolute atomic E-state index is 11.4. The van der Waals surface area contributed by atoms with E-state index in [9.17, 15) is 13.2 Å². The Balaban J connectivity index is 2.81. The molecule has 0 bridgehead atoms. The first-order valence-electron chi connectivity index (χ1n) is 3.85. The molecule has 13 heavy (non-hydrogen) atoms. The van der Waals surface area contributed by atoms with Crippen LogP contribution < -0.4 is 5.14 Å². The third-order valence-electron chi connectivity index (χ3n) is 2.24. The zero-order valence-corrected chi connectivity index (χ0v) is 8.41. The molecule has 0 spiro atoms. The van der Waals surface area contributed by atoms with Gasteiger partial charge >= 0.3 is 0 Å². The van der Waals surface area contributed by atoms with E-state index < -0.39 is 16.3 Å². The number of likely N-dealkylation sites (tertiary alicyclic amines) is 1. The van der Waals surface area contributed by atoms with Gasteiger partial charge in [0.05, 0.1) is 0 Å². The van der Waals surface area contributed by atoms with Crippen LogP contribution >= 0.6 is 0 Å². The van der Waals surface area contributed by atoms with E-state index >= 15 is 0 Å². The highest BCUT2D eigenvalue weighted by Crippen LogP contribution is 2.15. The summed E-state index contributed by atoms with van der Waals surface area (Å²) in [5, 5.41) is 4.89. The van der Waals surface area contributed by atoms with Crippen LogP contribution in [0.25, 0.3) is 0 Å². The summed E-state index contributed by atoms with van der Waals surface area (Å²) >= 11 is 0. The van der Waals surface area contributed by atoms with Crippen molar-refractivity contribution in [1.29, 1.82) is 0 Å². The molecule has 1 atom stereocenters. The average Bonchev–Trinajstić information content (AvgIpc) is 2.30. The van der Waals surface area contributed by atoms with Crippen molar-refractivity contribution >= 4 is 16.1 Å². The van der Waals surface area contributed by atoms with Gasteiger partial charge in [0.25, 0.3) is 10.2 Å². The van der Waals surface area contributed by atoms with Gasteiger partial charge in [-0.2, -0.15) is 12.7 Å². The number of hydrogen-bond donors (Lipinski definition) is 1. The Morgan fingerprint density at radius 1 is 1.62 bits per heavy atom. The largest absolute Gasteiger partial charge is 0.344 e. The lowest BCUT2D eigenvalue weighted by atomic mass is 10.3. The summed E-state index contributed by atoms with van der Waals surface area (Å²) in [6, 6.07) is -0.625. The molecule has 1 rings (SSSR count). The zero-order valence-electron chi connectivity index (χ0n) is 7.60. The Morgan fingerprint density at radius 2 is 2.15 bits per heavy atom. The molecule has 1 saturated heterocycles. The summed E-state index contributed by atoms with van der Waals surface area (Å²) in [6.07, 6.45) is 0.502. The fourth-order valence-electron chi connectivity index (χ4n) is 1.32. The predicted octanol–water partition coefficient (Wildman–Crippen LogP) is -1.65. The third-order valence-corrected chi connectivity index (χ3v) is 3.30. The molecule has 1 heterocycles. The van der Waals surface area contributed by atoms with E-state index in [1.165, 1.54) is 11.9 Å². The number of amides is 1. The minimum Gasteiger partial charge on any atom is -0.344 e. The molecular formula is C6H13N3O3S. The van der Waals surface area contributed by atoms with Crippen molar-refractivity contribution < 1.29 is 13.2 Å². The second-order valence-corrected chi connectivity index (χ2v) is 4.73. The summed E-state index contributed by atoms with van der Waals surface area (Å²) in [5.41, 5.74) is 0. The van der Waals surface area contributed by atoms with Crippen LogP contribution in [-0.4, -0.2) is 50.2 Å². The van der Waals surface area contributed by atoms with Gasteiger partial charge in [0.1, 0.15) is 6.04 Å². The zero-order chi connectivity index (χ0) is 10.2. The number of carbonyl (C=O) groups is 1. The van der Waals surface area contributed by atoms with E-state index in [1.54, 1.807) is 7.05 Å². The van der Waals surface area contributed by atoms with Crippen LogP contribution in [0.5, 0.6) is 0 Å². The molecule has 0 aromatic carbocycles. The number of rotatable bonds is 2. The van der Waals surface area contributed by atoms with Gasteiger partial charge in [-0.25, -0.2) is 5.14 Å². The summed E-state index contributed by atoms with van der Waals surface area (Å²) in [4.78, 5) is 12.9. The SMILES string of the molecule is CN1CCC(N(C)S(N)(=O)=O)C1=O. The van der Waals surface area contributed by atoms with Crippen molar-refractivity contribution in [3.63, 3.8) is 0 Å². The van der Waals surface area contributed by atoms with Gasteiger partial charge in [0.15, 0.2) is 0 Å². The Morgan fingerprint density at radius 3 is 2.46 bits per heavy atom. The molecule has 7 heteroatoms. The normalized spacial score (nSPS) is 24.5. The van der Waals surface area contributed by atoms with E-state index in [0.29, 0.717) is 13.0 Å². The van der Waals surface area contributed by atoms with Gasteiger partial charge < -0.3 is 4.90 Å². The van der Waals surface area contributed by atoms with Crippen LogP contribution in [0.15, 0.2) is 0 Å². The van der Waals surface area contributed by atoms with Crippen molar-refractivity contribution in [3.8, 4) is 0 Å². The first kappa shape index (κ1) is 10.4. The molecule has 2 N–H and O–H groups in total. The van der Waals surface area contributed by atoms with Crippen LogP contribution in [0.1, 0.15) is 6.42 Å². The minimum atomic E-state index is -3.76. The maximum Gasteiger partial charge on any atom is 0.277 e. The fraction of sp³-hybridized carbons (Fsp3) is 0.833. The van der Waals surface area contributed by atoms with E-state index in [-0.39, 0.29) is 5.91 Å². The molecule has 1 aliphatic heterocycles. The van der Waals surface area contributed by atoms with Gasteiger partial charge in [0.2, 0.25) is 5.91 Å². The number of hydrogen-bond acceptors (Lipinski definition) is 3. The monoisotopic (exact) mass is 207 g/mol. The fourth-order valence-corrected chi connectivity index (χ4v) is 1.87. The van der Waals surface area contributed by atoms with Crippen molar-refractivity contribution in [2.75, 3.05) is 20.6 Å². The summed E-state index contributed by atoms with van der Waals surface area (Å²) < 4.78 is 22.7. The highest BCUT2D eigenvalue weighted by Gasteiger charge is 2.36. The van der Waals surface area contributed by atoms with Gasteiger partial charge in [-0.05, 0) is 6.42 Å². The average molecular weight is 207 g/mol. The molecule has 0 aliphatic carbocycles. The van der Waals surface area contributed by atoms with E-state index in [2.05, 4.69) is 0 Å². The molecule has 0 radical (unpaired) electrons. The highest BCUT2D eigenvalue weighted by atomic mass is 32.2. The van der Waals surface area contributed by atoms with Gasteiger partial charge in [-0.15, -0.1) is 0 Å². The summed E-state index contributed by atoms with van der Waals surface area (Å²) in [5.74, 6) is -0.198. The molecule has 0 aromatic rings. The summed E-state index contributed by atoms with van der Waals surface area (Å²) in [7, 11) is -0.802. The molecule has 0 saturated carbocycles. The Kier molecular flexibility index (Phi) is 2.60. The minimum absolute atomic E-state index is 0.198. The van der Waals surface area contributed by atoms with E-state index in [1.807, 2.05) is 0 Å². The predicted molar refractivity (Wildman–Crippen MR) is 46.9 cm³/mol. The quantitative estimate of drug-likeness (QED) is 0.589. The molecule has 1 amide bonds. The lowest BCUT2D eigenvalue weighted by molar-refractivity contribution is -0.129. The van der Waals surface area contributed by atoms with E-state index in [0.717, 1.165) is 4.31 Å². The second kappa shape index (κ2) is 3.24. The maximum atomic E-state index is 11.4. The summed E-state index contributed by atoms with van der Waals surface area (Å²) in [6.45, 7) is 0.573. The van der Waals surface area contributed by atoms with E-state index in [4.69, 9.17) is 5.14 Å². The van der Waals surface area contributed by atoms with Crippen molar-refractivity contribution in [3.05, 3.63) is 0 Å². The Bertz CT molecular complexity index is 313. The van der Waals surface area contributed by atoms with Crippen LogP contribution in [0.2, 0.25) is 0 Å². The molecule has 0 aromatic heterocycles. The molecule has 1 unspecified atom stereocenters. The molecule has 1 aliphatic rings. The molecular weight excluding hydrogens is 194 g/mol. The number of carbonyl (C=O) groups excluding carboxylic acids is 1. The Labute approximate surface area is 77.5 Å². The van der Waals surface area contributed by atoms with Crippen LogP contribution in [-0.2, 0) is 15.0 Å². The number of nitrogens with two attached hydrogens (primary N) is 1. The third kappa shape index (κ3) is 1.98. The van der Waals surface area contributed by atoms with Crippen LogP contribution in [0.4, 0.5) is 0 Å². The van der Waals surface area contributed by atoms with Crippen molar-refractivity contribution in [2.24, 2.45) is 5.14 Å². The number of likely N-dealkylation sites (N-methyl/N-ethyl adjacent to an activating group) is 2. The lowest BCUT2D eigenvalue weighted by Crippen LogP contribution is -2.45. The first-order chi connectivity index (χ1) is 5.84. The molecule has 6 nitrogen and oxygen atoms in total. The Hall–Kier alpha value is -0.660. The standard InChI is InChI=1S/C6H13N3O3S/c1-8-4-3-5(6(8)10)9(2)13(7,11)12/h5H,3-4H2,1-2H3,(H2,7,11,12). The second-order valence-electron chi connectivity index (χ2n) is 3.13. The van der Waals surface area contributed by atoms with Crippen LogP contribution in [0, 0.1) is 0 Å². The van der Waals surface area contributed by atoms with Gasteiger partial charge in [0, 0.05) is 20.6 Å². The number of nitrogens with zero attached hydrogens (tertiary/aromatic N) is 2. The van der Waals surface area contributed by atoms with Crippen LogP contribution in [0.3, 0.4) is 0 Å². The highest BCUT2D eigenvalue weighted by molar-refractivity contribution is 7.86. The van der Waals surface area contributed by atoms with Gasteiger partial charge in [-0.1, -0.05) is 0 Å². The molecule has 1 fully saturated rings. The van der Waals surface area contributed by atoms with Gasteiger partial charge in [-0.3, -0.25) is 4.79 Å². The molecule has 76 valence electrons. The first-order valence-corrected chi connectivity index (χ1v) is 5.35.